The minimum atomic E-state index is 0. The number of aliphatic imine (C=N–C) groups is 1. The van der Waals surface area contributed by atoms with Crippen LogP contribution in [0.25, 0.3) is 0 Å². The molecule has 1 aliphatic heterocycles. The lowest BCUT2D eigenvalue weighted by Crippen LogP contribution is -2.37. The highest BCUT2D eigenvalue weighted by atomic mass is 127. The third-order valence-corrected chi connectivity index (χ3v) is 5.17. The van der Waals surface area contributed by atoms with Gasteiger partial charge in [-0.05, 0) is 31.0 Å². The highest BCUT2D eigenvalue weighted by Crippen LogP contribution is 2.21. The van der Waals surface area contributed by atoms with E-state index in [1.807, 2.05) is 24.0 Å². The number of halogens is 1. The standard InChI is InChI=1S/C19H25N5OS.HI/c1-14-23-16(13-26-14)9-10-21-19(20-2)22-12-15-5-7-17(8-6-15)24-11-3-4-18(24)25;/h5-8,13H,3-4,9-12H2,1-2H3,(H2,20,21,22);1H. The molecule has 0 unspecified atom stereocenters. The normalized spacial score (nSPS) is 14.2. The van der Waals surface area contributed by atoms with Gasteiger partial charge in [0.15, 0.2) is 5.96 Å². The maximum atomic E-state index is 11.8. The number of anilines is 1. The van der Waals surface area contributed by atoms with Crippen molar-refractivity contribution < 1.29 is 4.79 Å². The SMILES string of the molecule is CN=C(NCCc1csc(C)n1)NCc1ccc(N2CCCC2=O)cc1.I. The van der Waals surface area contributed by atoms with Gasteiger partial charge in [0.25, 0.3) is 0 Å². The molecule has 1 aromatic carbocycles. The predicted octanol–water partition coefficient (Wildman–Crippen LogP) is 3.10. The lowest BCUT2D eigenvalue weighted by atomic mass is 10.2. The molecule has 8 heteroatoms. The summed E-state index contributed by atoms with van der Waals surface area (Å²) in [6.45, 7) is 4.32. The topological polar surface area (TPSA) is 69.6 Å². The third kappa shape index (κ3) is 6.17. The number of benzene rings is 1. The van der Waals surface area contributed by atoms with Crippen LogP contribution in [0.1, 0.15) is 29.1 Å². The first-order valence-corrected chi connectivity index (χ1v) is 9.78. The Morgan fingerprint density at radius 2 is 2.07 bits per heavy atom. The van der Waals surface area contributed by atoms with E-state index in [9.17, 15) is 4.79 Å². The summed E-state index contributed by atoms with van der Waals surface area (Å²) < 4.78 is 0. The fourth-order valence-corrected chi connectivity index (χ4v) is 3.60. The van der Waals surface area contributed by atoms with E-state index in [0.29, 0.717) is 13.0 Å². The second-order valence-corrected chi connectivity index (χ2v) is 7.34. The van der Waals surface area contributed by atoms with Gasteiger partial charge >= 0.3 is 0 Å². The molecule has 3 rings (SSSR count). The van der Waals surface area contributed by atoms with Gasteiger partial charge in [-0.2, -0.15) is 0 Å². The van der Waals surface area contributed by atoms with Gasteiger partial charge in [0, 0.05) is 50.6 Å². The Labute approximate surface area is 181 Å². The smallest absolute Gasteiger partial charge is 0.227 e. The average Bonchev–Trinajstić information content (AvgIpc) is 3.26. The maximum absolute atomic E-state index is 11.8. The number of carbonyl (C=O) groups is 1. The van der Waals surface area contributed by atoms with Crippen molar-refractivity contribution in [1.29, 1.82) is 0 Å². The molecule has 0 radical (unpaired) electrons. The number of nitrogens with one attached hydrogen (secondary N) is 2. The van der Waals surface area contributed by atoms with Crippen LogP contribution < -0.4 is 15.5 Å². The monoisotopic (exact) mass is 499 g/mol. The summed E-state index contributed by atoms with van der Waals surface area (Å²) in [5.74, 6) is 0.992. The molecule has 0 aliphatic carbocycles. The van der Waals surface area contributed by atoms with Crippen molar-refractivity contribution in [3.05, 3.63) is 45.9 Å². The Morgan fingerprint density at radius 1 is 1.30 bits per heavy atom. The molecule has 2 aromatic rings. The first kappa shape index (κ1) is 21.6. The number of hydrogen-bond donors (Lipinski definition) is 2. The molecular formula is C19H26IN5OS. The molecule has 1 saturated heterocycles. The van der Waals surface area contributed by atoms with Gasteiger partial charge in [-0.15, -0.1) is 35.3 Å². The summed E-state index contributed by atoms with van der Waals surface area (Å²) in [4.78, 5) is 22.4. The highest BCUT2D eigenvalue weighted by Gasteiger charge is 2.21. The predicted molar refractivity (Wildman–Crippen MR) is 122 cm³/mol. The number of hydrogen-bond acceptors (Lipinski definition) is 4. The molecular weight excluding hydrogens is 473 g/mol. The molecule has 2 N–H and O–H groups in total. The van der Waals surface area contributed by atoms with Gasteiger partial charge in [-0.25, -0.2) is 4.98 Å². The Bertz CT molecular complexity index is 775. The van der Waals surface area contributed by atoms with Gasteiger partial charge in [0.2, 0.25) is 5.91 Å². The molecule has 0 saturated carbocycles. The molecule has 6 nitrogen and oxygen atoms in total. The van der Waals surface area contributed by atoms with Gasteiger partial charge in [-0.3, -0.25) is 9.79 Å². The Morgan fingerprint density at radius 3 is 2.67 bits per heavy atom. The molecule has 0 atom stereocenters. The zero-order chi connectivity index (χ0) is 18.4. The molecule has 1 aliphatic rings. The Hall–Kier alpha value is -1.68. The number of carbonyl (C=O) groups excluding carboxylic acids is 1. The molecule has 1 aromatic heterocycles. The minimum absolute atomic E-state index is 0. The van der Waals surface area contributed by atoms with Crippen LogP contribution in [0.2, 0.25) is 0 Å². The number of aryl methyl sites for hydroxylation is 1. The molecule has 0 spiro atoms. The minimum Gasteiger partial charge on any atom is -0.356 e. The number of nitrogens with zero attached hydrogens (tertiary/aromatic N) is 3. The van der Waals surface area contributed by atoms with Crippen molar-refractivity contribution in [3.63, 3.8) is 0 Å². The van der Waals surface area contributed by atoms with Crippen molar-refractivity contribution >= 4 is 52.9 Å². The number of thiazole rings is 1. The highest BCUT2D eigenvalue weighted by molar-refractivity contribution is 14.0. The van der Waals surface area contributed by atoms with Crippen LogP contribution in [-0.4, -0.2) is 37.0 Å². The lowest BCUT2D eigenvalue weighted by Gasteiger charge is -2.16. The van der Waals surface area contributed by atoms with E-state index in [1.54, 1.807) is 18.4 Å². The third-order valence-electron chi connectivity index (χ3n) is 4.35. The van der Waals surface area contributed by atoms with E-state index in [4.69, 9.17) is 0 Å². The van der Waals surface area contributed by atoms with Crippen LogP contribution in [-0.2, 0) is 17.8 Å². The van der Waals surface area contributed by atoms with Crippen molar-refractivity contribution in [2.45, 2.75) is 32.7 Å². The molecule has 27 heavy (non-hydrogen) atoms. The maximum Gasteiger partial charge on any atom is 0.227 e. The van der Waals surface area contributed by atoms with E-state index in [0.717, 1.165) is 53.8 Å². The van der Waals surface area contributed by atoms with Crippen LogP contribution in [0.5, 0.6) is 0 Å². The van der Waals surface area contributed by atoms with Crippen LogP contribution in [0, 0.1) is 6.92 Å². The summed E-state index contributed by atoms with van der Waals surface area (Å²) in [7, 11) is 1.77. The van der Waals surface area contributed by atoms with E-state index < -0.39 is 0 Å². The zero-order valence-corrected chi connectivity index (χ0v) is 18.8. The fourth-order valence-electron chi connectivity index (χ4n) is 2.95. The fraction of sp³-hybridized carbons (Fsp3) is 0.421. The van der Waals surface area contributed by atoms with Gasteiger partial charge in [0.1, 0.15) is 0 Å². The van der Waals surface area contributed by atoms with Crippen molar-refractivity contribution in [2.75, 3.05) is 25.0 Å². The van der Waals surface area contributed by atoms with Crippen LogP contribution in [0.4, 0.5) is 5.69 Å². The van der Waals surface area contributed by atoms with Crippen LogP contribution in [0.15, 0.2) is 34.6 Å². The number of amides is 1. The molecule has 0 bridgehead atoms. The lowest BCUT2D eigenvalue weighted by molar-refractivity contribution is -0.117. The number of guanidine groups is 1. The molecule has 2 heterocycles. The summed E-state index contributed by atoms with van der Waals surface area (Å²) in [6.07, 6.45) is 2.49. The van der Waals surface area contributed by atoms with Crippen LogP contribution in [0.3, 0.4) is 0 Å². The zero-order valence-electron chi connectivity index (χ0n) is 15.7. The number of aromatic nitrogens is 1. The number of rotatable bonds is 6. The van der Waals surface area contributed by atoms with Gasteiger partial charge in [-0.1, -0.05) is 12.1 Å². The molecule has 1 fully saturated rings. The van der Waals surface area contributed by atoms with E-state index >= 15 is 0 Å². The van der Waals surface area contributed by atoms with Gasteiger partial charge < -0.3 is 15.5 Å². The van der Waals surface area contributed by atoms with Crippen molar-refractivity contribution in [2.24, 2.45) is 4.99 Å². The van der Waals surface area contributed by atoms with Gasteiger partial charge in [0.05, 0.1) is 10.7 Å². The quantitative estimate of drug-likeness (QED) is 0.364. The summed E-state index contributed by atoms with van der Waals surface area (Å²) in [5.41, 5.74) is 3.25. The van der Waals surface area contributed by atoms with Crippen LogP contribution >= 0.6 is 35.3 Å². The average molecular weight is 499 g/mol. The van der Waals surface area contributed by atoms with E-state index in [1.165, 1.54) is 0 Å². The Balaban J connectivity index is 0.00000261. The summed E-state index contributed by atoms with van der Waals surface area (Å²) >= 11 is 1.68. The second kappa shape index (κ2) is 10.6. The van der Waals surface area contributed by atoms with Crippen molar-refractivity contribution in [1.82, 2.24) is 15.6 Å². The molecule has 1 amide bonds. The van der Waals surface area contributed by atoms with Crippen molar-refractivity contribution in [3.8, 4) is 0 Å². The Kier molecular flexibility index (Phi) is 8.49. The molecule has 146 valence electrons. The second-order valence-electron chi connectivity index (χ2n) is 6.28. The van der Waals surface area contributed by atoms with E-state index in [-0.39, 0.29) is 29.9 Å². The summed E-state index contributed by atoms with van der Waals surface area (Å²) in [6, 6.07) is 8.14. The van der Waals surface area contributed by atoms with E-state index in [2.05, 4.69) is 38.1 Å². The first-order valence-electron chi connectivity index (χ1n) is 8.90. The summed E-state index contributed by atoms with van der Waals surface area (Å²) in [5, 5.41) is 9.82. The largest absolute Gasteiger partial charge is 0.356 e. The first-order chi connectivity index (χ1) is 12.7.